The van der Waals surface area contributed by atoms with E-state index in [0.717, 1.165) is 0 Å². The van der Waals surface area contributed by atoms with Gasteiger partial charge in [-0.2, -0.15) is 0 Å². The SMILES string of the molecule is O=C(c1ccc(Cl)cc1)N1CCC(C(=O)N2C[C@@H](C(=O)N3CCOCC3)Oc3ccccc32)CC1. The second-order valence-electron chi connectivity index (χ2n) is 9.03. The molecule has 2 saturated heterocycles. The van der Waals surface area contributed by atoms with Crippen molar-refractivity contribution in [2.24, 2.45) is 5.92 Å². The number of halogens is 1. The van der Waals surface area contributed by atoms with Gasteiger partial charge < -0.3 is 24.2 Å². The summed E-state index contributed by atoms with van der Waals surface area (Å²) in [4.78, 5) is 44.9. The molecule has 9 heteroatoms. The van der Waals surface area contributed by atoms with E-state index in [0.29, 0.717) is 74.3 Å². The summed E-state index contributed by atoms with van der Waals surface area (Å²) in [5, 5.41) is 0.585. The van der Waals surface area contributed by atoms with Gasteiger partial charge in [-0.1, -0.05) is 23.7 Å². The maximum atomic E-state index is 13.7. The molecule has 0 unspecified atom stereocenters. The number of benzene rings is 2. The number of hydrogen-bond donors (Lipinski definition) is 0. The van der Waals surface area contributed by atoms with Crippen LogP contribution in [0.4, 0.5) is 5.69 Å². The van der Waals surface area contributed by atoms with Crippen molar-refractivity contribution in [1.29, 1.82) is 0 Å². The van der Waals surface area contributed by atoms with E-state index in [1.807, 2.05) is 18.2 Å². The third-order valence-corrected chi connectivity index (χ3v) is 7.11. The number of rotatable bonds is 3. The molecule has 0 aromatic heterocycles. The summed E-state index contributed by atoms with van der Waals surface area (Å²) in [6.45, 7) is 3.23. The number of carbonyl (C=O) groups excluding carboxylic acids is 3. The lowest BCUT2D eigenvalue weighted by Gasteiger charge is -2.39. The van der Waals surface area contributed by atoms with Crippen LogP contribution in [0, 0.1) is 5.92 Å². The molecule has 0 saturated carbocycles. The third-order valence-electron chi connectivity index (χ3n) is 6.86. The van der Waals surface area contributed by atoms with E-state index < -0.39 is 6.10 Å². The number of para-hydroxylation sites is 2. The van der Waals surface area contributed by atoms with Crippen LogP contribution in [0.2, 0.25) is 5.02 Å². The quantitative estimate of drug-likeness (QED) is 0.651. The number of hydrogen-bond acceptors (Lipinski definition) is 5. The zero-order chi connectivity index (χ0) is 24.4. The Kier molecular flexibility index (Phi) is 6.92. The highest BCUT2D eigenvalue weighted by Crippen LogP contribution is 2.36. The largest absolute Gasteiger partial charge is 0.476 e. The van der Waals surface area contributed by atoms with Gasteiger partial charge in [-0.25, -0.2) is 0 Å². The van der Waals surface area contributed by atoms with Crippen molar-refractivity contribution >= 4 is 35.0 Å². The van der Waals surface area contributed by atoms with Crippen LogP contribution in [0.5, 0.6) is 5.75 Å². The molecule has 35 heavy (non-hydrogen) atoms. The fraction of sp³-hybridized carbons (Fsp3) is 0.423. The van der Waals surface area contributed by atoms with Crippen molar-refractivity contribution in [3.8, 4) is 5.75 Å². The van der Waals surface area contributed by atoms with Crippen LogP contribution in [0.15, 0.2) is 48.5 Å². The van der Waals surface area contributed by atoms with E-state index in [2.05, 4.69) is 0 Å². The number of ether oxygens (including phenoxy) is 2. The summed E-state index contributed by atoms with van der Waals surface area (Å²) in [6.07, 6.45) is 0.387. The Morgan fingerprint density at radius 1 is 0.829 bits per heavy atom. The van der Waals surface area contributed by atoms with Crippen LogP contribution in [0.25, 0.3) is 0 Å². The van der Waals surface area contributed by atoms with Crippen molar-refractivity contribution in [2.75, 3.05) is 50.8 Å². The molecule has 2 aromatic rings. The summed E-state index contributed by atoms with van der Waals surface area (Å²) in [7, 11) is 0. The molecule has 0 aliphatic carbocycles. The Morgan fingerprint density at radius 2 is 1.51 bits per heavy atom. The molecule has 2 aromatic carbocycles. The molecule has 3 heterocycles. The molecule has 5 rings (SSSR count). The Balaban J connectivity index is 1.27. The van der Waals surface area contributed by atoms with Gasteiger partial charge in [0, 0.05) is 42.7 Å². The van der Waals surface area contributed by atoms with Crippen molar-refractivity contribution in [3.63, 3.8) is 0 Å². The highest BCUT2D eigenvalue weighted by atomic mass is 35.5. The van der Waals surface area contributed by atoms with Crippen molar-refractivity contribution in [1.82, 2.24) is 9.80 Å². The first-order valence-corrected chi connectivity index (χ1v) is 12.4. The molecule has 0 bridgehead atoms. The first kappa shape index (κ1) is 23.6. The highest BCUT2D eigenvalue weighted by Gasteiger charge is 2.39. The van der Waals surface area contributed by atoms with E-state index in [-0.39, 0.29) is 30.2 Å². The number of carbonyl (C=O) groups is 3. The molecule has 8 nitrogen and oxygen atoms in total. The standard InChI is InChI=1S/C26H28ClN3O5/c27-20-7-5-18(6-8-20)24(31)28-11-9-19(10-12-28)25(32)30-17-23(26(33)29-13-15-34-16-14-29)35-22-4-2-1-3-21(22)30/h1-8,19,23H,9-17H2/t23-/m0/s1. The van der Waals surface area contributed by atoms with Gasteiger partial charge in [-0.3, -0.25) is 14.4 Å². The van der Waals surface area contributed by atoms with Crippen molar-refractivity contribution < 1.29 is 23.9 Å². The summed E-state index contributed by atoms with van der Waals surface area (Å²) in [5.41, 5.74) is 1.27. The van der Waals surface area contributed by atoms with Crippen LogP contribution in [-0.4, -0.2) is 79.6 Å². The Labute approximate surface area is 209 Å². The van der Waals surface area contributed by atoms with Gasteiger partial charge in [0.25, 0.3) is 11.8 Å². The topological polar surface area (TPSA) is 79.4 Å². The van der Waals surface area contributed by atoms with Crippen LogP contribution in [-0.2, 0) is 14.3 Å². The van der Waals surface area contributed by atoms with Crippen molar-refractivity contribution in [3.05, 3.63) is 59.1 Å². The number of anilines is 1. The molecule has 1 atom stereocenters. The maximum Gasteiger partial charge on any atom is 0.265 e. The van der Waals surface area contributed by atoms with Gasteiger partial charge in [0.05, 0.1) is 25.4 Å². The van der Waals surface area contributed by atoms with Gasteiger partial charge in [-0.05, 0) is 49.2 Å². The summed E-state index contributed by atoms with van der Waals surface area (Å²) in [6, 6.07) is 14.2. The van der Waals surface area contributed by atoms with Crippen molar-refractivity contribution in [2.45, 2.75) is 18.9 Å². The molecule has 0 radical (unpaired) electrons. The molecule has 3 aliphatic heterocycles. The molecule has 184 valence electrons. The molecular formula is C26H28ClN3O5. The smallest absolute Gasteiger partial charge is 0.265 e. The lowest BCUT2D eigenvalue weighted by Crippen LogP contribution is -2.55. The van der Waals surface area contributed by atoms with E-state index in [4.69, 9.17) is 21.1 Å². The van der Waals surface area contributed by atoms with Gasteiger partial charge in [0.1, 0.15) is 5.75 Å². The van der Waals surface area contributed by atoms with Gasteiger partial charge >= 0.3 is 0 Å². The van der Waals surface area contributed by atoms with Crippen LogP contribution >= 0.6 is 11.6 Å². The Bertz CT molecular complexity index is 1090. The Hall–Kier alpha value is -3.10. The molecule has 0 spiro atoms. The number of morpholine rings is 1. The first-order chi connectivity index (χ1) is 17.0. The van der Waals surface area contributed by atoms with E-state index in [1.165, 1.54) is 0 Å². The molecule has 0 N–H and O–H groups in total. The summed E-state index contributed by atoms with van der Waals surface area (Å²) >= 11 is 5.93. The number of fused-ring (bicyclic) bond motifs is 1. The Morgan fingerprint density at radius 3 is 2.23 bits per heavy atom. The minimum Gasteiger partial charge on any atom is -0.476 e. The fourth-order valence-corrected chi connectivity index (χ4v) is 5.01. The summed E-state index contributed by atoms with van der Waals surface area (Å²) < 4.78 is 11.4. The van der Waals surface area contributed by atoms with Crippen LogP contribution < -0.4 is 9.64 Å². The molecular weight excluding hydrogens is 470 g/mol. The number of amides is 3. The number of nitrogens with zero attached hydrogens (tertiary/aromatic N) is 3. The van der Waals surface area contributed by atoms with E-state index in [1.54, 1.807) is 45.0 Å². The monoisotopic (exact) mass is 497 g/mol. The first-order valence-electron chi connectivity index (χ1n) is 12.0. The van der Waals surface area contributed by atoms with Gasteiger partial charge in [0.15, 0.2) is 6.10 Å². The van der Waals surface area contributed by atoms with E-state index in [9.17, 15) is 14.4 Å². The summed E-state index contributed by atoms with van der Waals surface area (Å²) in [5.74, 6) is 0.104. The maximum absolute atomic E-state index is 13.7. The second-order valence-corrected chi connectivity index (χ2v) is 9.47. The van der Waals surface area contributed by atoms with Gasteiger partial charge in [0.2, 0.25) is 5.91 Å². The number of piperidine rings is 1. The number of likely N-dealkylation sites (tertiary alicyclic amines) is 1. The molecule has 3 aliphatic rings. The minimum absolute atomic E-state index is 0.0286. The average molecular weight is 498 g/mol. The third kappa shape index (κ3) is 4.99. The van der Waals surface area contributed by atoms with E-state index >= 15 is 0 Å². The van der Waals surface area contributed by atoms with Gasteiger partial charge in [-0.15, -0.1) is 0 Å². The molecule has 3 amide bonds. The lowest BCUT2D eigenvalue weighted by molar-refractivity contribution is -0.143. The van der Waals surface area contributed by atoms with Crippen LogP contribution in [0.3, 0.4) is 0 Å². The highest BCUT2D eigenvalue weighted by molar-refractivity contribution is 6.30. The van der Waals surface area contributed by atoms with Crippen LogP contribution in [0.1, 0.15) is 23.2 Å². The zero-order valence-electron chi connectivity index (χ0n) is 19.4. The average Bonchev–Trinajstić information content (AvgIpc) is 2.92. The minimum atomic E-state index is -0.751. The second kappa shape index (κ2) is 10.3. The predicted octanol–water partition coefficient (Wildman–Crippen LogP) is 2.85. The zero-order valence-corrected chi connectivity index (χ0v) is 20.2. The predicted molar refractivity (Wildman–Crippen MR) is 131 cm³/mol. The lowest BCUT2D eigenvalue weighted by atomic mass is 9.94. The fourth-order valence-electron chi connectivity index (χ4n) is 4.88. The normalized spacial score (nSPS) is 20.7. The molecule has 2 fully saturated rings.